The van der Waals surface area contributed by atoms with E-state index < -0.39 is 0 Å². The molecule has 0 atom stereocenters. The van der Waals surface area contributed by atoms with E-state index in [0.29, 0.717) is 11.4 Å². The van der Waals surface area contributed by atoms with Crippen LogP contribution in [0.1, 0.15) is 11.1 Å². The van der Waals surface area contributed by atoms with Crippen molar-refractivity contribution in [1.82, 2.24) is 4.90 Å². The Labute approximate surface area is 154 Å². The molecule has 26 heavy (non-hydrogen) atoms. The molecule has 0 aliphatic heterocycles. The Morgan fingerprint density at radius 3 is 2.15 bits per heavy atom. The quantitative estimate of drug-likeness (QED) is 0.801. The molecule has 2 rings (SSSR count). The molecule has 138 valence electrons. The van der Waals surface area contributed by atoms with Gasteiger partial charge in [0.1, 0.15) is 5.75 Å². The molecule has 0 saturated heterocycles. The molecule has 0 heterocycles. The highest BCUT2D eigenvalue weighted by molar-refractivity contribution is 5.95. The topological polar surface area (TPSA) is 70.7 Å². The fraction of sp³-hybridized carbons (Fsp3) is 0.300. The number of aryl methyl sites for hydroxylation is 2. The van der Waals surface area contributed by atoms with Crippen LogP contribution in [-0.2, 0) is 9.59 Å². The summed E-state index contributed by atoms with van der Waals surface area (Å²) in [5.74, 6) is 0.323. The lowest BCUT2D eigenvalue weighted by molar-refractivity contribution is -0.119. The molecule has 0 unspecified atom stereocenters. The summed E-state index contributed by atoms with van der Waals surface area (Å²) in [7, 11) is 3.30. The van der Waals surface area contributed by atoms with Gasteiger partial charge in [-0.05, 0) is 44.2 Å². The number of benzene rings is 2. The highest BCUT2D eigenvalue weighted by Gasteiger charge is 2.13. The van der Waals surface area contributed by atoms with Gasteiger partial charge in [-0.1, -0.05) is 24.3 Å². The molecule has 2 aromatic carbocycles. The van der Waals surface area contributed by atoms with Crippen LogP contribution in [0.3, 0.4) is 0 Å². The maximum Gasteiger partial charge on any atom is 0.238 e. The lowest BCUT2D eigenvalue weighted by Gasteiger charge is -2.17. The SMILES string of the molecule is COc1cccc(NC(=O)CN(C)CC(=O)Nc2c(C)cccc2C)c1. The summed E-state index contributed by atoms with van der Waals surface area (Å²) in [6.07, 6.45) is 0. The summed E-state index contributed by atoms with van der Waals surface area (Å²) in [6, 6.07) is 13.0. The Morgan fingerprint density at radius 2 is 1.54 bits per heavy atom. The van der Waals surface area contributed by atoms with E-state index in [1.807, 2.05) is 32.0 Å². The first kappa shape index (κ1) is 19.5. The summed E-state index contributed by atoms with van der Waals surface area (Å²) in [5, 5.41) is 5.71. The van der Waals surface area contributed by atoms with Gasteiger partial charge in [-0.2, -0.15) is 0 Å². The molecule has 0 radical (unpaired) electrons. The van der Waals surface area contributed by atoms with Crippen LogP contribution in [0.5, 0.6) is 5.75 Å². The minimum atomic E-state index is -0.194. The number of carbonyl (C=O) groups excluding carboxylic acids is 2. The smallest absolute Gasteiger partial charge is 0.238 e. The maximum absolute atomic E-state index is 12.2. The predicted molar refractivity (Wildman–Crippen MR) is 104 cm³/mol. The van der Waals surface area contributed by atoms with Crippen molar-refractivity contribution in [2.45, 2.75) is 13.8 Å². The van der Waals surface area contributed by atoms with Gasteiger partial charge in [0.05, 0.1) is 20.2 Å². The van der Waals surface area contributed by atoms with Crippen LogP contribution < -0.4 is 15.4 Å². The van der Waals surface area contributed by atoms with E-state index in [2.05, 4.69) is 10.6 Å². The predicted octanol–water partition coefficient (Wildman–Crippen LogP) is 2.82. The number of amides is 2. The second kappa shape index (κ2) is 9.01. The van der Waals surface area contributed by atoms with E-state index >= 15 is 0 Å². The van der Waals surface area contributed by atoms with Crippen molar-refractivity contribution in [2.24, 2.45) is 0 Å². The Morgan fingerprint density at radius 1 is 0.962 bits per heavy atom. The first-order chi connectivity index (χ1) is 12.4. The molecule has 0 aromatic heterocycles. The fourth-order valence-corrected chi connectivity index (χ4v) is 2.64. The van der Waals surface area contributed by atoms with Crippen molar-refractivity contribution < 1.29 is 14.3 Å². The van der Waals surface area contributed by atoms with Crippen LogP contribution in [0.2, 0.25) is 0 Å². The summed E-state index contributed by atoms with van der Waals surface area (Å²) in [4.78, 5) is 26.1. The van der Waals surface area contributed by atoms with E-state index in [9.17, 15) is 9.59 Å². The number of nitrogens with zero attached hydrogens (tertiary/aromatic N) is 1. The largest absolute Gasteiger partial charge is 0.497 e. The normalized spacial score (nSPS) is 10.5. The van der Waals surface area contributed by atoms with E-state index in [1.54, 1.807) is 43.3 Å². The molecule has 0 saturated carbocycles. The summed E-state index contributed by atoms with van der Waals surface area (Å²) < 4.78 is 5.13. The van der Waals surface area contributed by atoms with Crippen LogP contribution in [0, 0.1) is 13.8 Å². The minimum Gasteiger partial charge on any atom is -0.497 e. The molecule has 2 aromatic rings. The van der Waals surface area contributed by atoms with E-state index in [4.69, 9.17) is 4.74 Å². The average molecular weight is 355 g/mol. The third-order valence-corrected chi connectivity index (χ3v) is 3.93. The number of hydrogen-bond donors (Lipinski definition) is 2. The minimum absolute atomic E-state index is 0.109. The number of hydrogen-bond acceptors (Lipinski definition) is 4. The van der Waals surface area contributed by atoms with E-state index in [-0.39, 0.29) is 24.9 Å². The van der Waals surface area contributed by atoms with Crippen LogP contribution in [0.25, 0.3) is 0 Å². The zero-order chi connectivity index (χ0) is 19.1. The van der Waals surface area contributed by atoms with Crippen molar-refractivity contribution in [3.63, 3.8) is 0 Å². The lowest BCUT2D eigenvalue weighted by Crippen LogP contribution is -2.36. The fourth-order valence-electron chi connectivity index (χ4n) is 2.64. The number of rotatable bonds is 7. The van der Waals surface area contributed by atoms with Gasteiger partial charge >= 0.3 is 0 Å². The molecule has 0 aliphatic rings. The van der Waals surface area contributed by atoms with Crippen LogP contribution >= 0.6 is 0 Å². The molecule has 6 nitrogen and oxygen atoms in total. The standard InChI is InChI=1S/C20H25N3O3/c1-14-7-5-8-15(2)20(14)22-19(25)13-23(3)12-18(24)21-16-9-6-10-17(11-16)26-4/h5-11H,12-13H2,1-4H3,(H,21,24)(H,22,25). The molecule has 0 spiro atoms. The van der Waals surface area contributed by atoms with Gasteiger partial charge in [0.25, 0.3) is 0 Å². The number of nitrogens with one attached hydrogen (secondary N) is 2. The Balaban J connectivity index is 1.86. The highest BCUT2D eigenvalue weighted by atomic mass is 16.5. The monoisotopic (exact) mass is 355 g/mol. The number of para-hydroxylation sites is 1. The molecule has 6 heteroatoms. The number of likely N-dealkylation sites (N-methyl/N-ethyl adjacent to an activating group) is 1. The molecule has 0 fully saturated rings. The number of methoxy groups -OCH3 is 1. The van der Waals surface area contributed by atoms with Gasteiger partial charge in [0.2, 0.25) is 11.8 Å². The molecule has 0 aliphatic carbocycles. The van der Waals surface area contributed by atoms with Crippen molar-refractivity contribution in [2.75, 3.05) is 37.9 Å². The van der Waals surface area contributed by atoms with Crippen LogP contribution in [0.15, 0.2) is 42.5 Å². The lowest BCUT2D eigenvalue weighted by atomic mass is 10.1. The average Bonchev–Trinajstić information content (AvgIpc) is 2.58. The van der Waals surface area contributed by atoms with Gasteiger partial charge in [-0.15, -0.1) is 0 Å². The Hall–Kier alpha value is -2.86. The van der Waals surface area contributed by atoms with Gasteiger partial charge in [0.15, 0.2) is 0 Å². The molecule has 2 N–H and O–H groups in total. The Bertz CT molecular complexity index is 769. The first-order valence-corrected chi connectivity index (χ1v) is 8.37. The summed E-state index contributed by atoms with van der Waals surface area (Å²) >= 11 is 0. The van der Waals surface area contributed by atoms with Gasteiger partial charge in [0, 0.05) is 17.4 Å². The second-order valence-electron chi connectivity index (χ2n) is 6.27. The third-order valence-electron chi connectivity index (χ3n) is 3.93. The molecule has 0 bridgehead atoms. The van der Waals surface area contributed by atoms with Gasteiger partial charge < -0.3 is 15.4 Å². The zero-order valence-corrected chi connectivity index (χ0v) is 15.6. The molecular formula is C20H25N3O3. The maximum atomic E-state index is 12.2. The van der Waals surface area contributed by atoms with Crippen molar-refractivity contribution >= 4 is 23.2 Å². The summed E-state index contributed by atoms with van der Waals surface area (Å²) in [5.41, 5.74) is 3.50. The first-order valence-electron chi connectivity index (χ1n) is 8.37. The third kappa shape index (κ3) is 5.60. The molecule has 2 amide bonds. The van der Waals surface area contributed by atoms with Crippen LogP contribution in [-0.4, -0.2) is 44.0 Å². The molecular weight excluding hydrogens is 330 g/mol. The number of carbonyl (C=O) groups is 2. The Kier molecular flexibility index (Phi) is 6.74. The highest BCUT2D eigenvalue weighted by Crippen LogP contribution is 2.19. The van der Waals surface area contributed by atoms with Crippen molar-refractivity contribution in [1.29, 1.82) is 0 Å². The van der Waals surface area contributed by atoms with Crippen LogP contribution in [0.4, 0.5) is 11.4 Å². The number of ether oxygens (including phenoxy) is 1. The van der Waals surface area contributed by atoms with Gasteiger partial charge in [-0.3, -0.25) is 14.5 Å². The van der Waals surface area contributed by atoms with Crippen molar-refractivity contribution in [3.8, 4) is 5.75 Å². The van der Waals surface area contributed by atoms with Gasteiger partial charge in [-0.25, -0.2) is 0 Å². The summed E-state index contributed by atoms with van der Waals surface area (Å²) in [6.45, 7) is 4.14. The number of anilines is 2. The second-order valence-corrected chi connectivity index (χ2v) is 6.27. The zero-order valence-electron chi connectivity index (χ0n) is 15.6. The van der Waals surface area contributed by atoms with Crippen molar-refractivity contribution in [3.05, 3.63) is 53.6 Å². The van der Waals surface area contributed by atoms with E-state index in [0.717, 1.165) is 16.8 Å². The van der Waals surface area contributed by atoms with E-state index in [1.165, 1.54) is 0 Å².